The zero-order valence-corrected chi connectivity index (χ0v) is 17.6. The third-order valence-electron chi connectivity index (χ3n) is 7.15. The Morgan fingerprint density at radius 1 is 0.645 bits per heavy atom. The van der Waals surface area contributed by atoms with Gasteiger partial charge in [0.2, 0.25) is 0 Å². The Morgan fingerprint density at radius 3 is 1.97 bits per heavy atom. The summed E-state index contributed by atoms with van der Waals surface area (Å²) < 4.78 is 0. The fourth-order valence-corrected chi connectivity index (χ4v) is 5.67. The zero-order valence-electron chi connectivity index (χ0n) is 17.6. The van der Waals surface area contributed by atoms with Crippen LogP contribution >= 0.6 is 0 Å². The molecule has 0 atom stereocenters. The van der Waals surface area contributed by atoms with Gasteiger partial charge in [-0.1, -0.05) is 66.7 Å². The number of carbonyl (C=O) groups is 1. The summed E-state index contributed by atoms with van der Waals surface area (Å²) in [6.45, 7) is 4.04. The number of benzene rings is 4. The number of rotatable bonds is 2. The number of hydrogen-bond donors (Lipinski definition) is 1. The number of fused-ring (bicyclic) bond motifs is 6. The van der Waals surface area contributed by atoms with E-state index < -0.39 is 5.97 Å². The van der Waals surface area contributed by atoms with Crippen LogP contribution in [0.5, 0.6) is 0 Å². The summed E-state index contributed by atoms with van der Waals surface area (Å²) in [5.41, 5.74) is 14.5. The summed E-state index contributed by atoms with van der Waals surface area (Å²) in [7, 11) is 0. The molecular formula is C29H22O2. The van der Waals surface area contributed by atoms with E-state index in [2.05, 4.69) is 61.5 Å². The summed E-state index contributed by atoms with van der Waals surface area (Å²) in [6, 6.07) is 23.4. The quantitative estimate of drug-likeness (QED) is 0.345. The molecule has 2 aliphatic rings. The molecule has 0 radical (unpaired) electrons. The molecule has 0 spiro atoms. The van der Waals surface area contributed by atoms with Gasteiger partial charge in [0.15, 0.2) is 0 Å². The predicted octanol–water partition coefficient (Wildman–Crippen LogP) is 6.81. The van der Waals surface area contributed by atoms with E-state index in [0.717, 1.165) is 40.7 Å². The first-order chi connectivity index (χ1) is 15.1. The van der Waals surface area contributed by atoms with Crippen LogP contribution in [0.3, 0.4) is 0 Å². The van der Waals surface area contributed by atoms with Gasteiger partial charge in [-0.15, -0.1) is 0 Å². The van der Waals surface area contributed by atoms with Gasteiger partial charge in [-0.25, -0.2) is 4.79 Å². The van der Waals surface area contributed by atoms with Crippen molar-refractivity contribution in [1.29, 1.82) is 0 Å². The first-order valence-corrected chi connectivity index (χ1v) is 10.7. The van der Waals surface area contributed by atoms with Gasteiger partial charge in [-0.2, -0.15) is 0 Å². The molecule has 150 valence electrons. The number of hydrogen-bond acceptors (Lipinski definition) is 1. The average molecular weight is 402 g/mol. The third kappa shape index (κ3) is 2.42. The molecule has 0 amide bonds. The smallest absolute Gasteiger partial charge is 0.336 e. The fraction of sp³-hybridized carbons (Fsp3) is 0.138. The zero-order chi connectivity index (χ0) is 21.3. The maximum absolute atomic E-state index is 12.3. The second kappa shape index (κ2) is 6.42. The second-order valence-electron chi connectivity index (χ2n) is 8.66. The van der Waals surface area contributed by atoms with Crippen LogP contribution in [0.15, 0.2) is 66.7 Å². The van der Waals surface area contributed by atoms with Gasteiger partial charge in [0.25, 0.3) is 0 Å². The molecule has 0 fully saturated rings. The lowest BCUT2D eigenvalue weighted by Gasteiger charge is -2.21. The maximum Gasteiger partial charge on any atom is 0.336 e. The van der Waals surface area contributed by atoms with Crippen LogP contribution < -0.4 is 0 Å². The van der Waals surface area contributed by atoms with E-state index >= 15 is 0 Å². The first-order valence-electron chi connectivity index (χ1n) is 10.7. The minimum absolute atomic E-state index is 0.456. The maximum atomic E-state index is 12.3. The molecule has 2 aliphatic carbocycles. The lowest BCUT2D eigenvalue weighted by Crippen LogP contribution is -2.08. The molecule has 2 heteroatoms. The molecular weight excluding hydrogens is 380 g/mol. The van der Waals surface area contributed by atoms with Crippen molar-refractivity contribution in [3.8, 4) is 33.4 Å². The van der Waals surface area contributed by atoms with E-state index in [9.17, 15) is 9.90 Å². The van der Waals surface area contributed by atoms with Crippen molar-refractivity contribution in [3.05, 3.63) is 106 Å². The number of carboxylic acids is 1. The van der Waals surface area contributed by atoms with E-state index in [4.69, 9.17) is 0 Å². The summed E-state index contributed by atoms with van der Waals surface area (Å²) in [6.07, 6.45) is 1.70. The lowest BCUT2D eigenvalue weighted by molar-refractivity contribution is 0.0697. The topological polar surface area (TPSA) is 37.3 Å². The summed E-state index contributed by atoms with van der Waals surface area (Å²) in [4.78, 5) is 12.3. The van der Waals surface area contributed by atoms with Crippen molar-refractivity contribution in [3.63, 3.8) is 0 Å². The molecule has 0 saturated heterocycles. The first kappa shape index (κ1) is 18.1. The van der Waals surface area contributed by atoms with E-state index in [0.29, 0.717) is 5.56 Å². The van der Waals surface area contributed by atoms with E-state index in [1.807, 2.05) is 19.1 Å². The highest BCUT2D eigenvalue weighted by molar-refractivity contribution is 6.04. The minimum Gasteiger partial charge on any atom is -0.478 e. The van der Waals surface area contributed by atoms with Crippen LogP contribution in [0.2, 0.25) is 0 Å². The lowest BCUT2D eigenvalue weighted by atomic mass is 9.82. The standard InChI is InChI=1S/C29H22O2/c1-16-17(2)27(29(30)31)28-21-11-6-4-9-19(21)15-25(28)26(16)23-13-7-12-22-20-10-5-3-8-18(20)14-24(22)23/h3-13H,14-15H2,1-2H3,(H,30,31). The molecule has 0 bridgehead atoms. The summed E-state index contributed by atoms with van der Waals surface area (Å²) in [5, 5.41) is 10.1. The molecule has 0 aliphatic heterocycles. The molecule has 2 nitrogen and oxygen atoms in total. The van der Waals surface area contributed by atoms with Crippen LogP contribution in [0.1, 0.15) is 43.7 Å². The van der Waals surface area contributed by atoms with Gasteiger partial charge >= 0.3 is 5.97 Å². The van der Waals surface area contributed by atoms with Crippen LogP contribution in [0, 0.1) is 13.8 Å². The predicted molar refractivity (Wildman–Crippen MR) is 125 cm³/mol. The SMILES string of the molecule is Cc1c(C)c(-c2cccc3c2Cc2ccccc2-3)c2c(c1C(=O)O)-c1ccccc1C2. The van der Waals surface area contributed by atoms with Crippen molar-refractivity contribution < 1.29 is 9.90 Å². The Balaban J connectivity index is 1.69. The summed E-state index contributed by atoms with van der Waals surface area (Å²) in [5.74, 6) is -0.842. The summed E-state index contributed by atoms with van der Waals surface area (Å²) >= 11 is 0. The molecule has 4 aromatic carbocycles. The normalized spacial score (nSPS) is 12.8. The highest BCUT2D eigenvalue weighted by Crippen LogP contribution is 2.49. The van der Waals surface area contributed by atoms with Crippen molar-refractivity contribution >= 4 is 5.97 Å². The molecule has 6 rings (SSSR count). The Labute approximate surface area is 181 Å². The third-order valence-corrected chi connectivity index (χ3v) is 7.15. The average Bonchev–Trinajstić information content (AvgIpc) is 3.33. The van der Waals surface area contributed by atoms with Gasteiger partial charge in [0.05, 0.1) is 5.56 Å². The Morgan fingerprint density at radius 2 is 1.23 bits per heavy atom. The molecule has 0 aromatic heterocycles. The van der Waals surface area contributed by atoms with Crippen LogP contribution in [-0.2, 0) is 12.8 Å². The Hall–Kier alpha value is -3.65. The van der Waals surface area contributed by atoms with Crippen LogP contribution in [-0.4, -0.2) is 11.1 Å². The van der Waals surface area contributed by atoms with E-state index in [1.165, 1.54) is 38.9 Å². The molecule has 0 heterocycles. The minimum atomic E-state index is -0.842. The molecule has 0 saturated carbocycles. The van der Waals surface area contributed by atoms with Gasteiger partial charge < -0.3 is 5.11 Å². The largest absolute Gasteiger partial charge is 0.478 e. The monoisotopic (exact) mass is 402 g/mol. The van der Waals surface area contributed by atoms with E-state index in [-0.39, 0.29) is 0 Å². The van der Waals surface area contributed by atoms with Crippen molar-refractivity contribution in [2.75, 3.05) is 0 Å². The number of aromatic carboxylic acids is 1. The van der Waals surface area contributed by atoms with E-state index in [1.54, 1.807) is 0 Å². The highest BCUT2D eigenvalue weighted by Gasteiger charge is 2.32. The van der Waals surface area contributed by atoms with Gasteiger partial charge in [-0.3, -0.25) is 0 Å². The van der Waals surface area contributed by atoms with Crippen LogP contribution in [0.4, 0.5) is 0 Å². The van der Waals surface area contributed by atoms with Gasteiger partial charge in [0.1, 0.15) is 0 Å². The molecule has 4 aromatic rings. The van der Waals surface area contributed by atoms with Gasteiger partial charge in [0, 0.05) is 5.56 Å². The molecule has 1 N–H and O–H groups in total. The fourth-order valence-electron chi connectivity index (χ4n) is 5.67. The Kier molecular flexibility index (Phi) is 3.76. The van der Waals surface area contributed by atoms with Crippen molar-refractivity contribution in [2.45, 2.75) is 26.7 Å². The highest BCUT2D eigenvalue weighted by atomic mass is 16.4. The Bertz CT molecular complexity index is 1430. The van der Waals surface area contributed by atoms with Crippen LogP contribution in [0.25, 0.3) is 33.4 Å². The van der Waals surface area contributed by atoms with Crippen molar-refractivity contribution in [1.82, 2.24) is 0 Å². The molecule has 0 unspecified atom stereocenters. The second-order valence-corrected chi connectivity index (χ2v) is 8.66. The number of carboxylic acid groups (broad SMARTS) is 1. The van der Waals surface area contributed by atoms with Gasteiger partial charge in [-0.05, 0) is 87.9 Å². The molecule has 31 heavy (non-hydrogen) atoms. The van der Waals surface area contributed by atoms with Crippen molar-refractivity contribution in [2.24, 2.45) is 0 Å².